The fraction of sp³-hybridized carbons (Fsp3) is 0.0769. The molecule has 0 aliphatic heterocycles. The van der Waals surface area contributed by atoms with Gasteiger partial charge >= 0.3 is 0 Å². The van der Waals surface area contributed by atoms with Gasteiger partial charge in [0.25, 0.3) is 0 Å². The molecule has 2 aromatic rings. The van der Waals surface area contributed by atoms with E-state index in [4.69, 9.17) is 5.73 Å². The second-order valence-electron chi connectivity index (χ2n) is 4.00. The van der Waals surface area contributed by atoms with E-state index in [1.807, 2.05) is 0 Å². The summed E-state index contributed by atoms with van der Waals surface area (Å²) in [4.78, 5) is 0.175. The number of anilines is 1. The summed E-state index contributed by atoms with van der Waals surface area (Å²) in [5, 5.41) is 0. The summed E-state index contributed by atoms with van der Waals surface area (Å²) in [5.41, 5.74) is 6.39. The van der Waals surface area contributed by atoms with Gasteiger partial charge in [-0.2, -0.15) is 0 Å². The Bertz CT molecular complexity index is 696. The van der Waals surface area contributed by atoms with E-state index in [1.165, 1.54) is 18.2 Å². The van der Waals surface area contributed by atoms with Crippen LogP contribution in [0.15, 0.2) is 47.4 Å². The van der Waals surface area contributed by atoms with Crippen molar-refractivity contribution in [3.05, 3.63) is 48.3 Å². The van der Waals surface area contributed by atoms with E-state index in [1.54, 1.807) is 24.3 Å². The van der Waals surface area contributed by atoms with Gasteiger partial charge in [0.15, 0.2) is 9.84 Å². The molecule has 0 saturated carbocycles. The van der Waals surface area contributed by atoms with Gasteiger partial charge in [0.05, 0.1) is 10.6 Å². The molecule has 0 fully saturated rings. The minimum atomic E-state index is -3.36. The topological polar surface area (TPSA) is 60.2 Å². The van der Waals surface area contributed by atoms with Gasteiger partial charge in [0.2, 0.25) is 0 Å². The van der Waals surface area contributed by atoms with E-state index in [-0.39, 0.29) is 10.6 Å². The highest BCUT2D eigenvalue weighted by Gasteiger charge is 2.14. The lowest BCUT2D eigenvalue weighted by Gasteiger charge is -2.08. The molecule has 0 heterocycles. The van der Waals surface area contributed by atoms with E-state index >= 15 is 0 Å². The van der Waals surface area contributed by atoms with Crippen LogP contribution in [-0.2, 0) is 9.84 Å². The van der Waals surface area contributed by atoms with Gasteiger partial charge in [-0.15, -0.1) is 0 Å². The lowest BCUT2D eigenvalue weighted by atomic mass is 10.1. The molecule has 0 radical (unpaired) electrons. The molecule has 2 N–H and O–H groups in total. The van der Waals surface area contributed by atoms with Crippen molar-refractivity contribution in [1.82, 2.24) is 0 Å². The standard InChI is InChI=1S/C13H12FNO2S/c1-18(16,17)13-5-3-2-4-10(13)9-6-7-12(15)11(14)8-9/h2-8H,15H2,1H3. The van der Waals surface area contributed by atoms with E-state index in [9.17, 15) is 12.8 Å². The maximum Gasteiger partial charge on any atom is 0.176 e. The van der Waals surface area contributed by atoms with Gasteiger partial charge in [0.1, 0.15) is 5.82 Å². The maximum atomic E-state index is 13.4. The highest BCUT2D eigenvalue weighted by atomic mass is 32.2. The molecule has 0 unspecified atom stereocenters. The van der Waals surface area contributed by atoms with Crippen LogP contribution < -0.4 is 5.73 Å². The molecule has 2 rings (SSSR count). The van der Waals surface area contributed by atoms with Gasteiger partial charge in [0, 0.05) is 11.8 Å². The molecule has 18 heavy (non-hydrogen) atoms. The molecule has 3 nitrogen and oxygen atoms in total. The summed E-state index contributed by atoms with van der Waals surface area (Å²) in [6.45, 7) is 0. The number of hydrogen-bond donors (Lipinski definition) is 1. The zero-order chi connectivity index (χ0) is 13.3. The minimum absolute atomic E-state index is 0.0376. The van der Waals surface area contributed by atoms with E-state index < -0.39 is 15.7 Å². The van der Waals surface area contributed by atoms with Crippen molar-refractivity contribution in [2.75, 3.05) is 12.0 Å². The lowest BCUT2D eigenvalue weighted by molar-refractivity contribution is 0.602. The molecule has 0 aliphatic rings. The Morgan fingerprint density at radius 2 is 1.78 bits per heavy atom. The van der Waals surface area contributed by atoms with Crippen LogP contribution in [0.5, 0.6) is 0 Å². The molecular weight excluding hydrogens is 253 g/mol. The van der Waals surface area contributed by atoms with Crippen LogP contribution in [0.4, 0.5) is 10.1 Å². The van der Waals surface area contributed by atoms with Crippen molar-refractivity contribution in [2.45, 2.75) is 4.90 Å². The van der Waals surface area contributed by atoms with Crippen molar-refractivity contribution >= 4 is 15.5 Å². The Morgan fingerprint density at radius 1 is 1.11 bits per heavy atom. The Hall–Kier alpha value is -1.88. The van der Waals surface area contributed by atoms with Gasteiger partial charge in [-0.3, -0.25) is 0 Å². The van der Waals surface area contributed by atoms with Gasteiger partial charge in [-0.05, 0) is 23.8 Å². The number of nitrogens with two attached hydrogens (primary N) is 1. The highest BCUT2D eigenvalue weighted by molar-refractivity contribution is 7.90. The predicted molar refractivity (Wildman–Crippen MR) is 69.4 cm³/mol. The van der Waals surface area contributed by atoms with E-state index in [2.05, 4.69) is 0 Å². The zero-order valence-electron chi connectivity index (χ0n) is 9.72. The summed E-state index contributed by atoms with van der Waals surface area (Å²) in [5.74, 6) is -0.559. The van der Waals surface area contributed by atoms with Crippen LogP contribution >= 0.6 is 0 Å². The summed E-state index contributed by atoms with van der Waals surface area (Å²) in [6.07, 6.45) is 1.12. The summed E-state index contributed by atoms with van der Waals surface area (Å²) < 4.78 is 36.7. The third-order valence-corrected chi connectivity index (χ3v) is 3.75. The van der Waals surface area contributed by atoms with Crippen molar-refractivity contribution in [3.8, 4) is 11.1 Å². The molecule has 0 bridgehead atoms. The molecule has 0 spiro atoms. The first kappa shape index (κ1) is 12.6. The molecule has 0 atom stereocenters. The Labute approximate surface area is 105 Å². The molecule has 2 aromatic carbocycles. The third kappa shape index (κ3) is 2.36. The van der Waals surface area contributed by atoms with E-state index in [0.29, 0.717) is 11.1 Å². The first-order valence-corrected chi connectivity index (χ1v) is 7.13. The Balaban J connectivity index is 2.68. The second-order valence-corrected chi connectivity index (χ2v) is 5.99. The molecule has 0 saturated heterocycles. The Kier molecular flexibility index (Phi) is 3.09. The number of nitrogen functional groups attached to an aromatic ring is 1. The van der Waals surface area contributed by atoms with Crippen molar-refractivity contribution in [3.63, 3.8) is 0 Å². The predicted octanol–water partition coefficient (Wildman–Crippen LogP) is 2.48. The lowest BCUT2D eigenvalue weighted by Crippen LogP contribution is -2.00. The van der Waals surface area contributed by atoms with Crippen LogP contribution in [-0.4, -0.2) is 14.7 Å². The van der Waals surface area contributed by atoms with Crippen molar-refractivity contribution in [2.24, 2.45) is 0 Å². The second kappa shape index (κ2) is 4.42. The number of halogens is 1. The fourth-order valence-electron chi connectivity index (χ4n) is 1.72. The first-order chi connectivity index (χ1) is 8.39. The maximum absolute atomic E-state index is 13.4. The smallest absolute Gasteiger partial charge is 0.176 e. The van der Waals surface area contributed by atoms with Crippen LogP contribution in [0.25, 0.3) is 11.1 Å². The average molecular weight is 265 g/mol. The number of hydrogen-bond acceptors (Lipinski definition) is 3. The van der Waals surface area contributed by atoms with Crippen molar-refractivity contribution in [1.29, 1.82) is 0 Å². The monoisotopic (exact) mass is 265 g/mol. The first-order valence-electron chi connectivity index (χ1n) is 5.24. The van der Waals surface area contributed by atoms with Gasteiger partial charge in [-0.1, -0.05) is 24.3 Å². The molecule has 0 amide bonds. The molecule has 94 valence electrons. The quantitative estimate of drug-likeness (QED) is 0.849. The van der Waals surface area contributed by atoms with E-state index in [0.717, 1.165) is 6.26 Å². The summed E-state index contributed by atoms with van der Waals surface area (Å²) >= 11 is 0. The fourth-order valence-corrected chi connectivity index (χ4v) is 2.63. The van der Waals surface area contributed by atoms with Crippen LogP contribution in [0.2, 0.25) is 0 Å². The highest BCUT2D eigenvalue weighted by Crippen LogP contribution is 2.28. The zero-order valence-corrected chi connectivity index (χ0v) is 10.5. The molecule has 0 aromatic heterocycles. The van der Waals surface area contributed by atoms with Gasteiger partial charge < -0.3 is 5.73 Å². The van der Waals surface area contributed by atoms with Crippen LogP contribution in [0.3, 0.4) is 0 Å². The molecule has 5 heteroatoms. The molecular formula is C13H12FNO2S. The minimum Gasteiger partial charge on any atom is -0.396 e. The number of sulfone groups is 1. The normalized spacial score (nSPS) is 11.4. The largest absolute Gasteiger partial charge is 0.396 e. The summed E-state index contributed by atoms with van der Waals surface area (Å²) in [6, 6.07) is 10.7. The third-order valence-electron chi connectivity index (χ3n) is 2.60. The van der Waals surface area contributed by atoms with Crippen LogP contribution in [0, 0.1) is 5.82 Å². The molecule has 0 aliphatic carbocycles. The average Bonchev–Trinajstić information content (AvgIpc) is 2.32. The summed E-state index contributed by atoms with van der Waals surface area (Å²) in [7, 11) is -3.36. The number of benzene rings is 2. The van der Waals surface area contributed by atoms with Gasteiger partial charge in [-0.25, -0.2) is 12.8 Å². The SMILES string of the molecule is CS(=O)(=O)c1ccccc1-c1ccc(N)c(F)c1. The Morgan fingerprint density at radius 3 is 2.39 bits per heavy atom. The van der Waals surface area contributed by atoms with Crippen molar-refractivity contribution < 1.29 is 12.8 Å². The number of rotatable bonds is 2. The van der Waals surface area contributed by atoms with Crippen LogP contribution in [0.1, 0.15) is 0 Å².